The van der Waals surface area contributed by atoms with Crippen LogP contribution in [0.3, 0.4) is 0 Å². The summed E-state index contributed by atoms with van der Waals surface area (Å²) in [6.07, 6.45) is 0. The number of nitrogens with one attached hydrogen (secondary N) is 1. The van der Waals surface area contributed by atoms with Crippen molar-refractivity contribution in [2.45, 2.75) is 19.8 Å². The molecule has 6 nitrogen and oxygen atoms in total. The Morgan fingerprint density at radius 3 is 2.50 bits per heavy atom. The zero-order chi connectivity index (χ0) is 19.8. The predicted octanol–water partition coefficient (Wildman–Crippen LogP) is 3.92. The maximum Gasteiger partial charge on any atom is 0.344 e. The normalized spacial score (nSPS) is 17.3. The van der Waals surface area contributed by atoms with Crippen LogP contribution in [0.25, 0.3) is 5.69 Å². The van der Waals surface area contributed by atoms with Gasteiger partial charge < -0.3 is 4.84 Å². The van der Waals surface area contributed by atoms with Gasteiger partial charge in [-0.2, -0.15) is 0 Å². The molecule has 1 aliphatic rings. The lowest BCUT2D eigenvalue weighted by Crippen LogP contribution is -2.30. The van der Waals surface area contributed by atoms with Crippen molar-refractivity contribution in [1.82, 2.24) is 9.78 Å². The molecular formula is C21H18BrN3O3. The number of H-pyrrole nitrogens is 1. The second kappa shape index (κ2) is 7.24. The first-order chi connectivity index (χ1) is 13.5. The fraction of sp³-hybridized carbons (Fsp3) is 0.190. The van der Waals surface area contributed by atoms with Crippen molar-refractivity contribution in [3.8, 4) is 5.69 Å². The van der Waals surface area contributed by atoms with Crippen LogP contribution in [0.15, 0.2) is 69.0 Å². The number of carbonyl (C=O) groups is 1. The van der Waals surface area contributed by atoms with Gasteiger partial charge in [-0.1, -0.05) is 51.4 Å². The van der Waals surface area contributed by atoms with Crippen LogP contribution in [-0.2, 0) is 9.63 Å². The number of aryl methyl sites for hydroxylation is 1. The minimum Gasteiger partial charge on any atom is -0.318 e. The van der Waals surface area contributed by atoms with E-state index in [-0.39, 0.29) is 5.56 Å². The topological polar surface area (TPSA) is 76.4 Å². The molecule has 0 fully saturated rings. The number of para-hydroxylation sites is 1. The third-order valence-electron chi connectivity index (χ3n) is 4.97. The lowest BCUT2D eigenvalue weighted by Gasteiger charge is -2.21. The molecule has 0 aliphatic carbocycles. The molecule has 3 aromatic rings. The molecule has 2 aromatic carbocycles. The van der Waals surface area contributed by atoms with E-state index >= 15 is 0 Å². The summed E-state index contributed by atoms with van der Waals surface area (Å²) in [5, 5.41) is 7.00. The second-order valence-electron chi connectivity index (χ2n) is 6.78. The van der Waals surface area contributed by atoms with E-state index in [1.54, 1.807) is 6.92 Å². The van der Waals surface area contributed by atoms with Crippen LogP contribution < -0.4 is 5.56 Å². The van der Waals surface area contributed by atoms with Gasteiger partial charge in [-0.05, 0) is 43.7 Å². The average Bonchev–Trinajstić information content (AvgIpc) is 3.17. The summed E-state index contributed by atoms with van der Waals surface area (Å²) < 4.78 is 2.37. The number of oxime groups is 1. The summed E-state index contributed by atoms with van der Waals surface area (Å²) >= 11 is 3.48. The van der Waals surface area contributed by atoms with Crippen molar-refractivity contribution in [1.29, 1.82) is 0 Å². The third kappa shape index (κ3) is 3.11. The van der Waals surface area contributed by atoms with Crippen molar-refractivity contribution < 1.29 is 9.63 Å². The molecule has 1 aliphatic heterocycles. The molecule has 4 rings (SSSR count). The smallest absolute Gasteiger partial charge is 0.318 e. The van der Waals surface area contributed by atoms with E-state index in [2.05, 4.69) is 26.2 Å². The molecule has 0 saturated carbocycles. The molecule has 2 heterocycles. The zero-order valence-corrected chi connectivity index (χ0v) is 16.9. The summed E-state index contributed by atoms with van der Waals surface area (Å²) in [7, 11) is 0. The van der Waals surface area contributed by atoms with Gasteiger partial charge in [0.05, 0.1) is 11.4 Å². The Bertz CT molecular complexity index is 1130. The molecule has 1 N–H and O–H groups in total. The molecule has 28 heavy (non-hydrogen) atoms. The van der Waals surface area contributed by atoms with Gasteiger partial charge >= 0.3 is 5.97 Å². The average molecular weight is 440 g/mol. The van der Waals surface area contributed by atoms with Crippen molar-refractivity contribution in [2.75, 3.05) is 0 Å². The van der Waals surface area contributed by atoms with Crippen molar-refractivity contribution in [2.24, 2.45) is 11.1 Å². The van der Waals surface area contributed by atoms with Gasteiger partial charge in [0.25, 0.3) is 5.56 Å². The number of rotatable bonds is 4. The van der Waals surface area contributed by atoms with Gasteiger partial charge in [-0.3, -0.25) is 9.89 Å². The van der Waals surface area contributed by atoms with Gasteiger partial charge in [-0.25, -0.2) is 9.48 Å². The summed E-state index contributed by atoms with van der Waals surface area (Å²) in [6.45, 7) is 3.59. The van der Waals surface area contributed by atoms with E-state index in [1.807, 2.05) is 61.5 Å². The van der Waals surface area contributed by atoms with Crippen LogP contribution in [0.2, 0.25) is 0 Å². The van der Waals surface area contributed by atoms with Crippen molar-refractivity contribution >= 4 is 27.6 Å². The number of nitrogens with zero attached hydrogens (tertiary/aromatic N) is 2. The molecule has 7 heteroatoms. The minimum atomic E-state index is -0.652. The summed E-state index contributed by atoms with van der Waals surface area (Å²) in [4.78, 5) is 30.8. The first-order valence-corrected chi connectivity index (χ1v) is 9.64. The van der Waals surface area contributed by atoms with Crippen LogP contribution >= 0.6 is 15.9 Å². The zero-order valence-electron chi connectivity index (χ0n) is 15.3. The van der Waals surface area contributed by atoms with E-state index in [9.17, 15) is 9.59 Å². The standard InChI is InChI=1S/C21H18BrN3O3/c1-12-17(20(26)25(23-12)16-9-4-3-5-10-16)19(14-7-6-8-15(22)11-14)18-13(2)24-28-21(18)27/h3-11,18-19,23H,1-2H3. The quantitative estimate of drug-likeness (QED) is 0.625. The molecule has 2 unspecified atom stereocenters. The fourth-order valence-electron chi connectivity index (χ4n) is 3.69. The maximum atomic E-state index is 13.4. The molecule has 142 valence electrons. The third-order valence-corrected chi connectivity index (χ3v) is 5.46. The van der Waals surface area contributed by atoms with Crippen molar-refractivity contribution in [3.05, 3.63) is 86.2 Å². The Kier molecular flexibility index (Phi) is 4.77. The lowest BCUT2D eigenvalue weighted by atomic mass is 9.79. The highest BCUT2D eigenvalue weighted by Gasteiger charge is 2.41. The lowest BCUT2D eigenvalue weighted by molar-refractivity contribution is -0.143. The SMILES string of the molecule is CC1=NOC(=O)C1C(c1cccc(Br)c1)c1c(C)[nH]n(-c2ccccc2)c1=O. The molecular weight excluding hydrogens is 422 g/mol. The first kappa shape index (κ1) is 18.4. The number of benzene rings is 2. The van der Waals surface area contributed by atoms with E-state index in [0.717, 1.165) is 15.7 Å². The second-order valence-corrected chi connectivity index (χ2v) is 7.70. The maximum absolute atomic E-state index is 13.4. The Hall–Kier alpha value is -2.93. The molecule has 0 saturated heterocycles. The van der Waals surface area contributed by atoms with Crippen LogP contribution in [0.1, 0.15) is 29.7 Å². The van der Waals surface area contributed by atoms with E-state index < -0.39 is 17.8 Å². The van der Waals surface area contributed by atoms with Gasteiger partial charge in [0.1, 0.15) is 5.92 Å². The molecule has 1 aromatic heterocycles. The number of hydrogen-bond acceptors (Lipinski definition) is 4. The molecule has 2 atom stereocenters. The van der Waals surface area contributed by atoms with Crippen LogP contribution in [0.5, 0.6) is 0 Å². The highest BCUT2D eigenvalue weighted by atomic mass is 79.9. The summed E-state index contributed by atoms with van der Waals surface area (Å²) in [5.41, 5.74) is 3.16. The predicted molar refractivity (Wildman–Crippen MR) is 110 cm³/mol. The summed E-state index contributed by atoms with van der Waals surface area (Å²) in [6, 6.07) is 17.0. The number of aromatic nitrogens is 2. The number of aromatic amines is 1. The van der Waals surface area contributed by atoms with Crippen LogP contribution in [-0.4, -0.2) is 21.5 Å². The highest BCUT2D eigenvalue weighted by Crippen LogP contribution is 2.37. The van der Waals surface area contributed by atoms with Crippen LogP contribution in [0, 0.1) is 12.8 Å². The Morgan fingerprint density at radius 1 is 1.11 bits per heavy atom. The van der Waals surface area contributed by atoms with Gasteiger partial charge in [-0.15, -0.1) is 0 Å². The van der Waals surface area contributed by atoms with E-state index in [1.165, 1.54) is 4.68 Å². The van der Waals surface area contributed by atoms with Gasteiger partial charge in [0.2, 0.25) is 0 Å². The largest absolute Gasteiger partial charge is 0.344 e. The highest BCUT2D eigenvalue weighted by molar-refractivity contribution is 9.10. The Balaban J connectivity index is 1.94. The Labute approximate surface area is 169 Å². The summed E-state index contributed by atoms with van der Waals surface area (Å²) in [5.74, 6) is -1.61. The number of hydrogen-bond donors (Lipinski definition) is 1. The van der Waals surface area contributed by atoms with Crippen LogP contribution in [0.4, 0.5) is 0 Å². The fourth-order valence-corrected chi connectivity index (χ4v) is 4.11. The molecule has 0 bridgehead atoms. The number of carbonyl (C=O) groups excluding carboxylic acids is 1. The monoisotopic (exact) mass is 439 g/mol. The molecule has 0 radical (unpaired) electrons. The number of halogens is 1. The van der Waals surface area contributed by atoms with Gasteiger partial charge in [0, 0.05) is 21.6 Å². The van der Waals surface area contributed by atoms with E-state index in [4.69, 9.17) is 4.84 Å². The van der Waals surface area contributed by atoms with Gasteiger partial charge in [0.15, 0.2) is 0 Å². The van der Waals surface area contributed by atoms with E-state index in [0.29, 0.717) is 17.0 Å². The van der Waals surface area contributed by atoms with Crippen molar-refractivity contribution in [3.63, 3.8) is 0 Å². The minimum absolute atomic E-state index is 0.193. The Morgan fingerprint density at radius 2 is 1.86 bits per heavy atom. The first-order valence-electron chi connectivity index (χ1n) is 8.85. The molecule has 0 spiro atoms. The molecule has 0 amide bonds.